The number of esters is 1. The number of ether oxygens (including phenoxy) is 1. The van der Waals surface area contributed by atoms with E-state index in [1.165, 1.54) is 4.90 Å². The predicted octanol–water partition coefficient (Wildman–Crippen LogP) is 2.36. The number of hydrogen-bond acceptors (Lipinski definition) is 5. The van der Waals surface area contributed by atoms with Crippen molar-refractivity contribution in [2.45, 2.75) is 78.9 Å². The molecule has 0 bridgehead atoms. The van der Waals surface area contributed by atoms with Gasteiger partial charge in [-0.1, -0.05) is 26.3 Å². The summed E-state index contributed by atoms with van der Waals surface area (Å²) in [6.07, 6.45) is 4.62. The van der Waals surface area contributed by atoms with Crippen molar-refractivity contribution in [2.75, 3.05) is 26.7 Å². The molecule has 166 valence electrons. The summed E-state index contributed by atoms with van der Waals surface area (Å²) in [6, 6.07) is -0.494. The molecule has 0 saturated carbocycles. The summed E-state index contributed by atoms with van der Waals surface area (Å²) < 4.78 is 4.96. The molecule has 2 atom stereocenters. The summed E-state index contributed by atoms with van der Waals surface area (Å²) >= 11 is 0. The molecule has 1 fully saturated rings. The first kappa shape index (κ1) is 25.1. The van der Waals surface area contributed by atoms with Gasteiger partial charge >= 0.3 is 5.97 Å². The smallest absolute Gasteiger partial charge is 0.333 e. The molecule has 1 aliphatic heterocycles. The lowest BCUT2D eigenvalue weighted by Crippen LogP contribution is -2.57. The van der Waals surface area contributed by atoms with Gasteiger partial charge in [-0.2, -0.15) is 0 Å². The van der Waals surface area contributed by atoms with Crippen LogP contribution in [0.25, 0.3) is 0 Å². The van der Waals surface area contributed by atoms with Crippen molar-refractivity contribution in [1.29, 1.82) is 0 Å². The number of hydrogen-bond donors (Lipinski definition) is 1. The first-order valence-corrected chi connectivity index (χ1v) is 10.7. The number of carbonyl (C=O) groups excluding carboxylic acids is 3. The van der Waals surface area contributed by atoms with Crippen LogP contribution in [0.3, 0.4) is 0 Å². The molecule has 0 spiro atoms. The normalized spacial score (nSPS) is 19.2. The lowest BCUT2D eigenvalue weighted by atomic mass is 9.97. The van der Waals surface area contributed by atoms with E-state index in [2.05, 4.69) is 24.1 Å². The average molecular weight is 410 g/mol. The molecule has 1 N–H and O–H groups in total. The highest BCUT2D eigenvalue weighted by Gasteiger charge is 2.34. The fourth-order valence-corrected chi connectivity index (χ4v) is 3.55. The fraction of sp³-hybridized carbons (Fsp3) is 0.773. The third-order valence-corrected chi connectivity index (χ3v) is 5.39. The molecule has 1 rings (SSSR count). The molecule has 0 radical (unpaired) electrons. The SMILES string of the molecule is CCOC(=O)/C(C)=C/CN(C)C(=O)C(NC(=O)C1CCCCN1C(C)C)C(C)C. The molecule has 0 aromatic heterocycles. The van der Waals surface area contributed by atoms with Crippen LogP contribution in [0.15, 0.2) is 11.6 Å². The number of nitrogens with zero attached hydrogens (tertiary/aromatic N) is 2. The Morgan fingerprint density at radius 1 is 1.21 bits per heavy atom. The van der Waals surface area contributed by atoms with Gasteiger partial charge in [0.05, 0.1) is 12.6 Å². The van der Waals surface area contributed by atoms with Crippen LogP contribution in [0.5, 0.6) is 0 Å². The molecule has 7 nitrogen and oxygen atoms in total. The highest BCUT2D eigenvalue weighted by Crippen LogP contribution is 2.20. The quantitative estimate of drug-likeness (QED) is 0.467. The van der Waals surface area contributed by atoms with Crippen molar-refractivity contribution in [3.63, 3.8) is 0 Å². The number of amides is 2. The third kappa shape index (κ3) is 7.46. The zero-order chi connectivity index (χ0) is 22.1. The number of likely N-dealkylation sites (tertiary alicyclic amines) is 1. The van der Waals surface area contributed by atoms with Gasteiger partial charge in [0.25, 0.3) is 0 Å². The van der Waals surface area contributed by atoms with E-state index in [-0.39, 0.29) is 42.3 Å². The van der Waals surface area contributed by atoms with Crippen LogP contribution in [0.1, 0.15) is 60.8 Å². The average Bonchev–Trinajstić information content (AvgIpc) is 2.68. The number of rotatable bonds is 9. The van der Waals surface area contributed by atoms with E-state index in [1.54, 1.807) is 27.0 Å². The molecule has 0 aliphatic carbocycles. The molecule has 29 heavy (non-hydrogen) atoms. The lowest BCUT2D eigenvalue weighted by Gasteiger charge is -2.38. The Labute approximate surface area is 175 Å². The molecule has 1 heterocycles. The van der Waals surface area contributed by atoms with Crippen LogP contribution in [0.2, 0.25) is 0 Å². The molecular weight excluding hydrogens is 370 g/mol. The van der Waals surface area contributed by atoms with Crippen LogP contribution in [-0.4, -0.2) is 72.5 Å². The number of carbonyl (C=O) groups is 3. The monoisotopic (exact) mass is 409 g/mol. The summed E-state index contributed by atoms with van der Waals surface area (Å²) in [5.41, 5.74) is 0.464. The van der Waals surface area contributed by atoms with E-state index >= 15 is 0 Å². The highest BCUT2D eigenvalue weighted by molar-refractivity contribution is 5.90. The largest absolute Gasteiger partial charge is 0.463 e. The Kier molecular flexibility index (Phi) is 10.4. The van der Waals surface area contributed by atoms with Gasteiger partial charge in [-0.05, 0) is 53.0 Å². The number of nitrogens with one attached hydrogen (secondary N) is 1. The minimum atomic E-state index is -0.597. The highest BCUT2D eigenvalue weighted by atomic mass is 16.5. The predicted molar refractivity (Wildman–Crippen MR) is 114 cm³/mol. The van der Waals surface area contributed by atoms with Crippen LogP contribution in [0, 0.1) is 5.92 Å². The van der Waals surface area contributed by atoms with Crippen molar-refractivity contribution < 1.29 is 19.1 Å². The maximum atomic E-state index is 13.0. The molecule has 1 saturated heterocycles. The van der Waals surface area contributed by atoms with Gasteiger partial charge in [-0.25, -0.2) is 4.79 Å². The number of likely N-dealkylation sites (N-methyl/N-ethyl adjacent to an activating group) is 1. The molecule has 2 amide bonds. The lowest BCUT2D eigenvalue weighted by molar-refractivity contribution is -0.139. The molecule has 0 aromatic rings. The van der Waals surface area contributed by atoms with Crippen LogP contribution < -0.4 is 5.32 Å². The fourth-order valence-electron chi connectivity index (χ4n) is 3.55. The van der Waals surface area contributed by atoms with Crippen molar-refractivity contribution in [2.24, 2.45) is 5.92 Å². The van der Waals surface area contributed by atoms with Crippen molar-refractivity contribution in [3.8, 4) is 0 Å². The van der Waals surface area contributed by atoms with E-state index < -0.39 is 6.04 Å². The second kappa shape index (κ2) is 12.0. The Bertz CT molecular complexity index is 601. The van der Waals surface area contributed by atoms with E-state index in [4.69, 9.17) is 4.74 Å². The second-order valence-corrected chi connectivity index (χ2v) is 8.40. The Morgan fingerprint density at radius 3 is 2.41 bits per heavy atom. The zero-order valence-corrected chi connectivity index (χ0v) is 19.2. The maximum Gasteiger partial charge on any atom is 0.333 e. The topological polar surface area (TPSA) is 79.0 Å². The Hall–Kier alpha value is -1.89. The summed E-state index contributed by atoms with van der Waals surface area (Å²) in [5.74, 6) is -0.654. The van der Waals surface area contributed by atoms with Crippen molar-refractivity contribution in [1.82, 2.24) is 15.1 Å². The first-order valence-electron chi connectivity index (χ1n) is 10.7. The van der Waals surface area contributed by atoms with Gasteiger partial charge in [0, 0.05) is 25.2 Å². The first-order chi connectivity index (χ1) is 13.6. The van der Waals surface area contributed by atoms with Crippen LogP contribution >= 0.6 is 0 Å². The molecule has 1 aliphatic rings. The minimum absolute atomic E-state index is 0.0416. The number of piperidine rings is 1. The van der Waals surface area contributed by atoms with Gasteiger partial charge in [-0.3, -0.25) is 14.5 Å². The maximum absolute atomic E-state index is 13.0. The minimum Gasteiger partial charge on any atom is -0.463 e. The van der Waals surface area contributed by atoms with Gasteiger partial charge in [0.2, 0.25) is 11.8 Å². The van der Waals surface area contributed by atoms with Crippen molar-refractivity contribution in [3.05, 3.63) is 11.6 Å². The van der Waals surface area contributed by atoms with Gasteiger partial charge in [-0.15, -0.1) is 0 Å². The van der Waals surface area contributed by atoms with Crippen LogP contribution in [0.4, 0.5) is 0 Å². The summed E-state index contributed by atoms with van der Waals surface area (Å²) in [4.78, 5) is 41.4. The molecule has 0 aromatic carbocycles. The van der Waals surface area contributed by atoms with E-state index in [9.17, 15) is 14.4 Å². The summed E-state index contributed by atoms with van der Waals surface area (Å²) in [7, 11) is 1.68. The van der Waals surface area contributed by atoms with Gasteiger partial charge in [0.15, 0.2) is 0 Å². The van der Waals surface area contributed by atoms with Gasteiger partial charge in [0.1, 0.15) is 6.04 Å². The van der Waals surface area contributed by atoms with E-state index in [0.29, 0.717) is 12.2 Å². The summed E-state index contributed by atoms with van der Waals surface area (Å²) in [5, 5.41) is 3.00. The Morgan fingerprint density at radius 2 is 1.86 bits per heavy atom. The van der Waals surface area contributed by atoms with E-state index in [1.807, 2.05) is 13.8 Å². The summed E-state index contributed by atoms with van der Waals surface area (Å²) in [6.45, 7) is 13.0. The molecular formula is C22H39N3O4. The van der Waals surface area contributed by atoms with Crippen molar-refractivity contribution >= 4 is 17.8 Å². The standard InChI is InChI=1S/C22H39N3O4/c1-8-29-22(28)17(6)12-14-24(7)21(27)19(15(2)3)23-20(26)18-11-9-10-13-25(18)16(4)5/h12,15-16,18-19H,8-11,13-14H2,1-7H3,(H,23,26)/b17-12+. The Balaban J connectivity index is 2.80. The third-order valence-electron chi connectivity index (χ3n) is 5.39. The van der Waals surface area contributed by atoms with E-state index in [0.717, 1.165) is 25.8 Å². The van der Waals surface area contributed by atoms with Crippen LogP contribution in [-0.2, 0) is 19.1 Å². The zero-order valence-electron chi connectivity index (χ0n) is 19.2. The molecule has 2 unspecified atom stereocenters. The second-order valence-electron chi connectivity index (χ2n) is 8.40. The molecule has 7 heteroatoms. The van der Waals surface area contributed by atoms with Gasteiger partial charge < -0.3 is 15.0 Å².